The van der Waals surface area contributed by atoms with Crippen LogP contribution >= 0.6 is 0 Å². The van der Waals surface area contributed by atoms with Gasteiger partial charge < -0.3 is 11.1 Å². The summed E-state index contributed by atoms with van der Waals surface area (Å²) >= 11 is 0. The molecule has 0 saturated heterocycles. The molecule has 6 nitrogen and oxygen atoms in total. The highest BCUT2D eigenvalue weighted by atomic mass is 16.1. The first-order valence-corrected chi connectivity index (χ1v) is 7.20. The highest BCUT2D eigenvalue weighted by molar-refractivity contribution is 6.08. The molecular formula is C18H14N4O2. The number of pyridine rings is 2. The molecule has 3 N–H and O–H groups in total. The Balaban J connectivity index is 1.97. The number of amides is 1. The zero-order valence-corrected chi connectivity index (χ0v) is 12.6. The number of nitrogen functional groups attached to an aromatic ring is 1. The van der Waals surface area contributed by atoms with E-state index in [0.717, 1.165) is 6.29 Å². The molecule has 1 aromatic carbocycles. The maximum absolute atomic E-state index is 12.5. The van der Waals surface area contributed by atoms with Gasteiger partial charge in [0.1, 0.15) is 5.82 Å². The van der Waals surface area contributed by atoms with Crippen LogP contribution in [0.2, 0.25) is 0 Å². The van der Waals surface area contributed by atoms with E-state index >= 15 is 0 Å². The molecule has 0 aliphatic heterocycles. The number of rotatable bonds is 4. The largest absolute Gasteiger partial charge is 0.383 e. The summed E-state index contributed by atoms with van der Waals surface area (Å²) in [5.74, 6) is -0.259. The first-order chi connectivity index (χ1) is 11.7. The van der Waals surface area contributed by atoms with Crippen LogP contribution in [0.5, 0.6) is 0 Å². The van der Waals surface area contributed by atoms with Crippen LogP contribution in [0.15, 0.2) is 61.1 Å². The fraction of sp³-hybridized carbons (Fsp3) is 0. The minimum Gasteiger partial charge on any atom is -0.383 e. The SMILES string of the molecule is Nc1ncc(-c2ccccc2C=O)cc1C(=O)Nc1ccncc1. The Morgan fingerprint density at radius 1 is 1.12 bits per heavy atom. The number of hydrogen-bond donors (Lipinski definition) is 2. The van der Waals surface area contributed by atoms with E-state index in [0.29, 0.717) is 22.4 Å². The van der Waals surface area contributed by atoms with E-state index in [1.54, 1.807) is 55.0 Å². The third-order valence-corrected chi connectivity index (χ3v) is 3.50. The predicted molar refractivity (Wildman–Crippen MR) is 91.7 cm³/mol. The molecule has 0 radical (unpaired) electrons. The molecule has 0 bridgehead atoms. The lowest BCUT2D eigenvalue weighted by molar-refractivity contribution is 0.102. The second kappa shape index (κ2) is 6.70. The van der Waals surface area contributed by atoms with Gasteiger partial charge in [0.05, 0.1) is 5.56 Å². The summed E-state index contributed by atoms with van der Waals surface area (Å²) in [6.45, 7) is 0. The molecule has 0 unspecified atom stereocenters. The van der Waals surface area contributed by atoms with Gasteiger partial charge in [-0.3, -0.25) is 14.6 Å². The Kier molecular flexibility index (Phi) is 4.29. The van der Waals surface area contributed by atoms with E-state index in [9.17, 15) is 9.59 Å². The molecule has 118 valence electrons. The number of nitrogens with zero attached hydrogens (tertiary/aromatic N) is 2. The van der Waals surface area contributed by atoms with E-state index in [1.807, 2.05) is 6.07 Å². The predicted octanol–water partition coefficient (Wildman–Crippen LogP) is 2.79. The Hall–Kier alpha value is -3.54. The van der Waals surface area contributed by atoms with Gasteiger partial charge in [0.25, 0.3) is 5.91 Å². The van der Waals surface area contributed by atoms with E-state index in [4.69, 9.17) is 5.73 Å². The van der Waals surface area contributed by atoms with Crippen molar-refractivity contribution in [2.24, 2.45) is 0 Å². The molecule has 3 rings (SSSR count). The van der Waals surface area contributed by atoms with Gasteiger partial charge >= 0.3 is 0 Å². The summed E-state index contributed by atoms with van der Waals surface area (Å²) in [7, 11) is 0. The smallest absolute Gasteiger partial charge is 0.259 e. The van der Waals surface area contributed by atoms with Crippen molar-refractivity contribution in [2.75, 3.05) is 11.1 Å². The summed E-state index contributed by atoms with van der Waals surface area (Å²) in [4.78, 5) is 31.6. The van der Waals surface area contributed by atoms with E-state index < -0.39 is 0 Å². The average Bonchev–Trinajstić information content (AvgIpc) is 2.63. The standard InChI is InChI=1S/C18H14N4O2/c19-17-16(18(24)22-14-5-7-20-8-6-14)9-13(10-21-17)15-4-2-1-3-12(15)11-23/h1-11H,(H2,19,21)(H,20,22,24). The summed E-state index contributed by atoms with van der Waals surface area (Å²) in [5, 5.41) is 2.74. The Bertz CT molecular complexity index is 895. The van der Waals surface area contributed by atoms with E-state index in [2.05, 4.69) is 15.3 Å². The summed E-state index contributed by atoms with van der Waals surface area (Å²) in [6, 6.07) is 12.1. The first-order valence-electron chi connectivity index (χ1n) is 7.20. The van der Waals surface area contributed by atoms with Gasteiger partial charge in [-0.1, -0.05) is 24.3 Å². The van der Waals surface area contributed by atoms with Crippen LogP contribution in [-0.4, -0.2) is 22.2 Å². The number of anilines is 2. The molecule has 0 saturated carbocycles. The van der Waals surface area contributed by atoms with Gasteiger partial charge in [0, 0.05) is 35.4 Å². The lowest BCUT2D eigenvalue weighted by Gasteiger charge is -2.10. The van der Waals surface area contributed by atoms with Crippen LogP contribution < -0.4 is 11.1 Å². The van der Waals surface area contributed by atoms with Gasteiger partial charge in [-0.2, -0.15) is 0 Å². The van der Waals surface area contributed by atoms with Crippen LogP contribution in [0.1, 0.15) is 20.7 Å². The van der Waals surface area contributed by atoms with Crippen molar-refractivity contribution in [3.8, 4) is 11.1 Å². The molecule has 3 aromatic rings. The number of nitrogens with two attached hydrogens (primary N) is 1. The third kappa shape index (κ3) is 3.12. The Morgan fingerprint density at radius 3 is 2.62 bits per heavy atom. The monoisotopic (exact) mass is 318 g/mol. The van der Waals surface area contributed by atoms with Crippen LogP contribution in [-0.2, 0) is 0 Å². The molecule has 24 heavy (non-hydrogen) atoms. The van der Waals surface area contributed by atoms with Gasteiger partial charge in [-0.15, -0.1) is 0 Å². The minimum absolute atomic E-state index is 0.119. The molecule has 0 spiro atoms. The number of aromatic nitrogens is 2. The van der Waals surface area contributed by atoms with Gasteiger partial charge in [0.2, 0.25) is 0 Å². The highest BCUT2D eigenvalue weighted by Gasteiger charge is 2.14. The zero-order valence-electron chi connectivity index (χ0n) is 12.6. The average molecular weight is 318 g/mol. The number of hydrogen-bond acceptors (Lipinski definition) is 5. The summed E-state index contributed by atoms with van der Waals surface area (Å²) in [5.41, 5.74) is 8.54. The van der Waals surface area contributed by atoms with Crippen LogP contribution in [0.4, 0.5) is 11.5 Å². The van der Waals surface area contributed by atoms with Crippen molar-refractivity contribution < 1.29 is 9.59 Å². The molecule has 0 atom stereocenters. The van der Waals surface area contributed by atoms with Crippen LogP contribution in [0, 0.1) is 0 Å². The fourth-order valence-corrected chi connectivity index (χ4v) is 2.30. The second-order valence-corrected chi connectivity index (χ2v) is 5.05. The molecule has 6 heteroatoms. The van der Waals surface area contributed by atoms with E-state index in [-0.39, 0.29) is 17.3 Å². The van der Waals surface area contributed by atoms with Crippen LogP contribution in [0.25, 0.3) is 11.1 Å². The van der Waals surface area contributed by atoms with E-state index in [1.165, 1.54) is 0 Å². The second-order valence-electron chi connectivity index (χ2n) is 5.05. The normalized spacial score (nSPS) is 10.2. The Morgan fingerprint density at radius 2 is 1.88 bits per heavy atom. The van der Waals surface area contributed by atoms with Crippen molar-refractivity contribution in [2.45, 2.75) is 0 Å². The summed E-state index contributed by atoms with van der Waals surface area (Å²) < 4.78 is 0. The topological polar surface area (TPSA) is 98.0 Å². The maximum Gasteiger partial charge on any atom is 0.259 e. The number of carbonyl (C=O) groups excluding carboxylic acids is 2. The molecule has 2 heterocycles. The molecule has 1 amide bonds. The molecular weight excluding hydrogens is 304 g/mol. The van der Waals surface area contributed by atoms with Crippen molar-refractivity contribution in [1.82, 2.24) is 9.97 Å². The molecule has 2 aromatic heterocycles. The number of carbonyl (C=O) groups is 2. The van der Waals surface area contributed by atoms with Crippen molar-refractivity contribution in [3.05, 3.63) is 72.2 Å². The number of aldehydes is 1. The van der Waals surface area contributed by atoms with Gasteiger partial charge in [-0.05, 0) is 23.8 Å². The zero-order chi connectivity index (χ0) is 16.9. The fourth-order valence-electron chi connectivity index (χ4n) is 2.30. The quantitative estimate of drug-likeness (QED) is 0.721. The number of benzene rings is 1. The summed E-state index contributed by atoms with van der Waals surface area (Å²) in [6.07, 6.45) is 5.46. The van der Waals surface area contributed by atoms with Gasteiger partial charge in [0.15, 0.2) is 6.29 Å². The van der Waals surface area contributed by atoms with Gasteiger partial charge in [-0.25, -0.2) is 4.98 Å². The van der Waals surface area contributed by atoms with Crippen LogP contribution in [0.3, 0.4) is 0 Å². The highest BCUT2D eigenvalue weighted by Crippen LogP contribution is 2.25. The lowest BCUT2D eigenvalue weighted by Crippen LogP contribution is -2.15. The minimum atomic E-state index is -0.378. The lowest BCUT2D eigenvalue weighted by atomic mass is 10.0. The van der Waals surface area contributed by atoms with Crippen molar-refractivity contribution in [3.63, 3.8) is 0 Å². The molecule has 0 aliphatic carbocycles. The third-order valence-electron chi connectivity index (χ3n) is 3.50. The number of nitrogens with one attached hydrogen (secondary N) is 1. The van der Waals surface area contributed by atoms with Crippen molar-refractivity contribution in [1.29, 1.82) is 0 Å². The molecule has 0 aliphatic rings. The molecule has 0 fully saturated rings. The maximum atomic E-state index is 12.5. The Labute approximate surface area is 138 Å². The first kappa shape index (κ1) is 15.4. The van der Waals surface area contributed by atoms with Crippen molar-refractivity contribution >= 4 is 23.7 Å².